The molecule has 0 aromatic heterocycles. The Balaban J connectivity index is 3.78. The molecular weight excluding hydrogens is 388 g/mol. The van der Waals surface area contributed by atoms with E-state index in [4.69, 9.17) is 16.1 Å². The minimum atomic E-state index is -0.526. The molecule has 0 spiro atoms. The lowest BCUT2D eigenvalue weighted by Crippen LogP contribution is -2.21. The van der Waals surface area contributed by atoms with Gasteiger partial charge in [-0.1, -0.05) is 18.7 Å². The van der Waals surface area contributed by atoms with Crippen molar-refractivity contribution in [3.8, 4) is 0 Å². The standard InChI is InChI=1S/C19H35O4S3/c1-3-9-22-13-15(20)11-18(25)7-5-17(24)6-8-19(26)12-16(21)14-23-10-4-2/h1,3-4,15-21,24-26H,2,5-14H2. The molecule has 0 amide bonds. The van der Waals surface area contributed by atoms with Crippen LogP contribution in [0.5, 0.6) is 0 Å². The molecule has 0 bridgehead atoms. The molecule has 0 saturated heterocycles. The Morgan fingerprint density at radius 2 is 1.23 bits per heavy atom. The summed E-state index contributed by atoms with van der Waals surface area (Å²) in [4.78, 5) is 0. The predicted octanol–water partition coefficient (Wildman–Crippen LogP) is 3.15. The Bertz CT molecular complexity index is 326. The van der Waals surface area contributed by atoms with Crippen LogP contribution in [-0.4, -0.2) is 64.6 Å². The van der Waals surface area contributed by atoms with Crippen molar-refractivity contribution >= 4 is 37.9 Å². The van der Waals surface area contributed by atoms with Gasteiger partial charge in [-0.2, -0.15) is 37.9 Å². The van der Waals surface area contributed by atoms with Crippen molar-refractivity contribution in [2.75, 3.05) is 26.4 Å². The van der Waals surface area contributed by atoms with Gasteiger partial charge in [-0.05, 0) is 38.5 Å². The van der Waals surface area contributed by atoms with E-state index in [1.54, 1.807) is 6.08 Å². The normalized spacial score (nSPS) is 17.3. The zero-order chi connectivity index (χ0) is 19.8. The molecular formula is C19H35O4S3. The SMILES string of the molecule is [CH]=CCOCC(O)CC(S)CCC(S)CCC(S)CC(O)COCC=C. The number of ether oxygens (including phenoxy) is 2. The summed E-state index contributed by atoms with van der Waals surface area (Å²) < 4.78 is 10.4. The molecule has 0 rings (SSSR count). The van der Waals surface area contributed by atoms with Crippen molar-refractivity contribution < 1.29 is 19.7 Å². The Labute approximate surface area is 175 Å². The molecule has 0 aromatic carbocycles. The van der Waals surface area contributed by atoms with Gasteiger partial charge in [-0.15, -0.1) is 6.58 Å². The molecule has 0 aliphatic heterocycles. The van der Waals surface area contributed by atoms with Crippen molar-refractivity contribution in [1.29, 1.82) is 0 Å². The molecule has 2 N–H and O–H groups in total. The second-order valence-electron chi connectivity index (χ2n) is 6.49. The second kappa shape index (κ2) is 17.5. The summed E-state index contributed by atoms with van der Waals surface area (Å²) >= 11 is 13.7. The number of thiol groups is 3. The molecule has 5 unspecified atom stereocenters. The highest BCUT2D eigenvalue weighted by Gasteiger charge is 2.15. The largest absolute Gasteiger partial charge is 0.391 e. The first-order valence-corrected chi connectivity index (χ1v) is 10.6. The number of hydrogen-bond donors (Lipinski definition) is 5. The maximum Gasteiger partial charge on any atom is 0.0784 e. The third-order valence-electron chi connectivity index (χ3n) is 3.82. The fourth-order valence-electron chi connectivity index (χ4n) is 2.47. The third-order valence-corrected chi connectivity index (χ3v) is 5.28. The summed E-state index contributed by atoms with van der Waals surface area (Å²) in [5.74, 6) is 0. The van der Waals surface area contributed by atoms with Crippen LogP contribution < -0.4 is 0 Å². The molecule has 1 radical (unpaired) electrons. The van der Waals surface area contributed by atoms with E-state index >= 15 is 0 Å². The van der Waals surface area contributed by atoms with E-state index in [0.717, 1.165) is 25.7 Å². The second-order valence-corrected chi connectivity index (χ2v) is 8.69. The number of hydrogen-bond acceptors (Lipinski definition) is 7. The van der Waals surface area contributed by atoms with Gasteiger partial charge in [0.2, 0.25) is 0 Å². The van der Waals surface area contributed by atoms with Crippen molar-refractivity contribution in [1.82, 2.24) is 0 Å². The van der Waals surface area contributed by atoms with Gasteiger partial charge in [0.25, 0.3) is 0 Å². The lowest BCUT2D eigenvalue weighted by Gasteiger charge is -2.19. The van der Waals surface area contributed by atoms with Crippen LogP contribution in [0.15, 0.2) is 18.7 Å². The van der Waals surface area contributed by atoms with E-state index in [2.05, 4.69) is 44.5 Å². The summed E-state index contributed by atoms with van der Waals surface area (Å²) in [5.41, 5.74) is 0. The number of aliphatic hydroxyl groups excluding tert-OH is 2. The van der Waals surface area contributed by atoms with Gasteiger partial charge in [0.1, 0.15) is 0 Å². The van der Waals surface area contributed by atoms with Gasteiger partial charge in [-0.25, -0.2) is 0 Å². The first-order chi connectivity index (χ1) is 12.4. The van der Waals surface area contributed by atoms with Gasteiger partial charge in [0.05, 0.1) is 38.6 Å². The molecule has 26 heavy (non-hydrogen) atoms. The van der Waals surface area contributed by atoms with Crippen molar-refractivity contribution in [3.05, 3.63) is 25.3 Å². The molecule has 0 saturated carbocycles. The lowest BCUT2D eigenvalue weighted by molar-refractivity contribution is 0.0439. The van der Waals surface area contributed by atoms with E-state index in [-0.39, 0.29) is 22.4 Å². The molecule has 5 atom stereocenters. The summed E-state index contributed by atoms with van der Waals surface area (Å²) in [5, 5.41) is 20.2. The van der Waals surface area contributed by atoms with Gasteiger partial charge in [0, 0.05) is 15.7 Å². The fourth-order valence-corrected chi connectivity index (χ4v) is 3.56. The van der Waals surface area contributed by atoms with Crippen LogP contribution in [0.2, 0.25) is 0 Å². The van der Waals surface area contributed by atoms with Crippen LogP contribution in [-0.2, 0) is 9.47 Å². The van der Waals surface area contributed by atoms with Gasteiger partial charge < -0.3 is 19.7 Å². The highest BCUT2D eigenvalue weighted by Crippen LogP contribution is 2.21. The Hall–Kier alpha value is 0.370. The zero-order valence-corrected chi connectivity index (χ0v) is 18.1. The highest BCUT2D eigenvalue weighted by atomic mass is 32.1. The maximum atomic E-state index is 9.87. The summed E-state index contributed by atoms with van der Waals surface area (Å²) in [6.45, 7) is 10.2. The molecule has 0 fully saturated rings. The first-order valence-electron chi connectivity index (χ1n) is 9.09. The Morgan fingerprint density at radius 1 is 0.808 bits per heavy atom. The van der Waals surface area contributed by atoms with Crippen LogP contribution in [0.25, 0.3) is 0 Å². The third kappa shape index (κ3) is 16.5. The summed E-state index contributed by atoms with van der Waals surface area (Å²) in [6.07, 6.45) is 6.85. The van der Waals surface area contributed by atoms with Crippen LogP contribution in [0.4, 0.5) is 0 Å². The molecule has 153 valence electrons. The summed E-state index contributed by atoms with van der Waals surface area (Å²) in [6, 6.07) is 0. The van der Waals surface area contributed by atoms with Crippen molar-refractivity contribution in [3.63, 3.8) is 0 Å². The minimum absolute atomic E-state index is 0.112. The zero-order valence-electron chi connectivity index (χ0n) is 15.4. The highest BCUT2D eigenvalue weighted by molar-refractivity contribution is 7.81. The van der Waals surface area contributed by atoms with E-state index in [1.165, 1.54) is 6.08 Å². The van der Waals surface area contributed by atoms with Gasteiger partial charge in [0.15, 0.2) is 0 Å². The van der Waals surface area contributed by atoms with Crippen LogP contribution in [0.3, 0.4) is 0 Å². The van der Waals surface area contributed by atoms with E-state index in [1.807, 2.05) is 0 Å². The average molecular weight is 424 g/mol. The Kier molecular flexibility index (Phi) is 17.7. The van der Waals surface area contributed by atoms with E-state index in [9.17, 15) is 10.2 Å². The predicted molar refractivity (Wildman–Crippen MR) is 119 cm³/mol. The van der Waals surface area contributed by atoms with Crippen molar-refractivity contribution in [2.45, 2.75) is 66.5 Å². The molecule has 0 aliphatic rings. The Morgan fingerprint density at radius 3 is 1.65 bits per heavy atom. The van der Waals surface area contributed by atoms with Crippen LogP contribution in [0, 0.1) is 6.58 Å². The summed E-state index contributed by atoms with van der Waals surface area (Å²) in [7, 11) is 0. The fraction of sp³-hybridized carbons (Fsp3) is 0.789. The smallest absolute Gasteiger partial charge is 0.0784 e. The van der Waals surface area contributed by atoms with E-state index in [0.29, 0.717) is 32.7 Å². The number of aliphatic hydroxyl groups is 2. The topological polar surface area (TPSA) is 58.9 Å². The molecule has 0 aliphatic carbocycles. The maximum absolute atomic E-state index is 9.87. The van der Waals surface area contributed by atoms with Gasteiger partial charge in [-0.3, -0.25) is 0 Å². The van der Waals surface area contributed by atoms with E-state index < -0.39 is 12.2 Å². The quantitative estimate of drug-likeness (QED) is 0.134. The average Bonchev–Trinajstić information content (AvgIpc) is 2.58. The molecule has 0 heterocycles. The van der Waals surface area contributed by atoms with Crippen LogP contribution >= 0.6 is 37.9 Å². The monoisotopic (exact) mass is 423 g/mol. The van der Waals surface area contributed by atoms with Gasteiger partial charge >= 0.3 is 0 Å². The molecule has 0 aromatic rings. The minimum Gasteiger partial charge on any atom is -0.391 e. The molecule has 4 nitrogen and oxygen atoms in total. The van der Waals surface area contributed by atoms with Crippen LogP contribution in [0.1, 0.15) is 38.5 Å². The lowest BCUT2D eigenvalue weighted by atomic mass is 10.0. The number of rotatable bonds is 18. The first kappa shape index (κ1) is 26.4. The molecule has 7 heteroatoms. The van der Waals surface area contributed by atoms with Crippen molar-refractivity contribution in [2.24, 2.45) is 0 Å².